The molecule has 2 aromatic carbocycles. The Bertz CT molecular complexity index is 916. The third-order valence-corrected chi connectivity index (χ3v) is 5.77. The molecule has 2 aromatic rings. The molecule has 0 bridgehead atoms. The molecule has 0 fully saturated rings. The Morgan fingerprint density at radius 1 is 1.14 bits per heavy atom. The van der Waals surface area contributed by atoms with Crippen LogP contribution in [0.5, 0.6) is 5.75 Å². The minimum atomic E-state index is -3.87. The van der Waals surface area contributed by atoms with Gasteiger partial charge in [-0.15, -0.1) is 0 Å². The average Bonchev–Trinajstić information content (AvgIpc) is 2.68. The molecule has 7 nitrogen and oxygen atoms in total. The van der Waals surface area contributed by atoms with Crippen molar-refractivity contribution in [2.24, 2.45) is 0 Å². The Morgan fingerprint density at radius 2 is 1.82 bits per heavy atom. The van der Waals surface area contributed by atoms with Gasteiger partial charge in [0.25, 0.3) is 5.91 Å². The minimum absolute atomic E-state index is 0.103. The molecule has 0 heterocycles. The van der Waals surface area contributed by atoms with Crippen molar-refractivity contribution in [2.75, 3.05) is 27.4 Å². The van der Waals surface area contributed by atoms with E-state index in [1.165, 1.54) is 32.4 Å². The van der Waals surface area contributed by atoms with Crippen molar-refractivity contribution in [3.05, 3.63) is 58.6 Å². The van der Waals surface area contributed by atoms with Gasteiger partial charge in [-0.2, -0.15) is 0 Å². The van der Waals surface area contributed by atoms with Gasteiger partial charge in [0.15, 0.2) is 0 Å². The second kappa shape index (κ2) is 9.88. The van der Waals surface area contributed by atoms with E-state index in [0.717, 1.165) is 5.56 Å². The summed E-state index contributed by atoms with van der Waals surface area (Å²) < 4.78 is 37.5. The van der Waals surface area contributed by atoms with Gasteiger partial charge in [-0.05, 0) is 42.8 Å². The van der Waals surface area contributed by atoms with Crippen LogP contribution in [-0.4, -0.2) is 41.7 Å². The summed E-state index contributed by atoms with van der Waals surface area (Å²) in [4.78, 5) is 12.5. The molecule has 2 rings (SSSR count). The van der Waals surface area contributed by atoms with Crippen molar-refractivity contribution in [1.29, 1.82) is 0 Å². The largest absolute Gasteiger partial charge is 0.495 e. The smallest absolute Gasteiger partial charge is 0.251 e. The van der Waals surface area contributed by atoms with Crippen LogP contribution in [0.15, 0.2) is 47.4 Å². The van der Waals surface area contributed by atoms with Gasteiger partial charge < -0.3 is 14.8 Å². The van der Waals surface area contributed by atoms with Crippen LogP contribution in [0.2, 0.25) is 5.02 Å². The lowest BCUT2D eigenvalue weighted by Gasteiger charge is -2.16. The monoisotopic (exact) mass is 426 g/mol. The second-order valence-electron chi connectivity index (χ2n) is 6.00. The fraction of sp³-hybridized carbons (Fsp3) is 0.316. The molecule has 0 spiro atoms. The lowest BCUT2D eigenvalue weighted by Crippen LogP contribution is -2.29. The summed E-state index contributed by atoms with van der Waals surface area (Å²) in [6.45, 7) is 2.15. The first kappa shape index (κ1) is 22.2. The Balaban J connectivity index is 2.23. The molecule has 1 atom stereocenters. The van der Waals surface area contributed by atoms with Gasteiger partial charge in [0.2, 0.25) is 10.0 Å². The maximum absolute atomic E-state index is 12.6. The number of sulfonamides is 1. The Kier molecular flexibility index (Phi) is 7.82. The summed E-state index contributed by atoms with van der Waals surface area (Å²) in [6.07, 6.45) is 0. The Labute approximate surface area is 170 Å². The molecule has 0 saturated heterocycles. The first-order valence-corrected chi connectivity index (χ1v) is 10.4. The highest BCUT2D eigenvalue weighted by Crippen LogP contribution is 2.25. The van der Waals surface area contributed by atoms with Crippen LogP contribution in [0.3, 0.4) is 0 Å². The van der Waals surface area contributed by atoms with Gasteiger partial charge in [-0.3, -0.25) is 4.79 Å². The van der Waals surface area contributed by atoms with Gasteiger partial charge in [0, 0.05) is 24.2 Å². The first-order valence-electron chi connectivity index (χ1n) is 8.51. The average molecular weight is 427 g/mol. The molecule has 152 valence electrons. The van der Waals surface area contributed by atoms with Crippen molar-refractivity contribution in [2.45, 2.75) is 17.9 Å². The lowest BCUT2D eigenvalue weighted by atomic mass is 10.1. The van der Waals surface area contributed by atoms with E-state index in [2.05, 4.69) is 10.0 Å². The number of carbonyl (C=O) groups is 1. The van der Waals surface area contributed by atoms with Crippen LogP contribution in [0, 0.1) is 0 Å². The molecule has 9 heteroatoms. The molecule has 0 saturated carbocycles. The van der Waals surface area contributed by atoms with Crippen LogP contribution < -0.4 is 14.8 Å². The van der Waals surface area contributed by atoms with Crippen molar-refractivity contribution in [3.8, 4) is 5.75 Å². The highest BCUT2D eigenvalue weighted by molar-refractivity contribution is 7.89. The summed E-state index contributed by atoms with van der Waals surface area (Å²) in [6, 6.07) is 11.1. The number of ether oxygens (including phenoxy) is 2. The number of nitrogens with one attached hydrogen (secondary N) is 2. The van der Waals surface area contributed by atoms with Crippen LogP contribution in [0.25, 0.3) is 0 Å². The zero-order chi connectivity index (χ0) is 20.7. The summed E-state index contributed by atoms with van der Waals surface area (Å²) >= 11 is 5.88. The number of benzene rings is 2. The van der Waals surface area contributed by atoms with E-state index in [1.807, 2.05) is 19.1 Å². The molecular formula is C19H23ClN2O5S. The normalized spacial score (nSPS) is 12.4. The molecule has 1 amide bonds. The summed E-state index contributed by atoms with van der Waals surface area (Å²) in [5, 5.41) is 3.45. The quantitative estimate of drug-likeness (QED) is 0.601. The van der Waals surface area contributed by atoms with Crippen LogP contribution >= 0.6 is 11.6 Å². The zero-order valence-corrected chi connectivity index (χ0v) is 17.4. The van der Waals surface area contributed by atoms with Gasteiger partial charge in [-0.1, -0.05) is 23.7 Å². The maximum Gasteiger partial charge on any atom is 0.251 e. The van der Waals surface area contributed by atoms with E-state index in [9.17, 15) is 13.2 Å². The van der Waals surface area contributed by atoms with Crippen molar-refractivity contribution < 1.29 is 22.7 Å². The number of halogens is 1. The minimum Gasteiger partial charge on any atom is -0.495 e. The van der Waals surface area contributed by atoms with E-state index in [0.29, 0.717) is 5.02 Å². The third-order valence-electron chi connectivity index (χ3n) is 4.03. The first-order chi connectivity index (χ1) is 13.3. The summed E-state index contributed by atoms with van der Waals surface area (Å²) in [5.41, 5.74) is 1.08. The Morgan fingerprint density at radius 3 is 2.43 bits per heavy atom. The number of hydrogen-bond donors (Lipinski definition) is 2. The molecule has 0 aliphatic carbocycles. The Hall–Kier alpha value is -2.13. The SMILES string of the molecule is COCCNS(=O)(=O)c1cc(C(=O)NC(C)c2ccc(Cl)cc2)ccc1OC. The predicted octanol–water partition coefficient (Wildman–Crippen LogP) is 2.76. The lowest BCUT2D eigenvalue weighted by molar-refractivity contribution is 0.0939. The number of methoxy groups -OCH3 is 2. The third kappa shape index (κ3) is 5.68. The van der Waals surface area contributed by atoms with E-state index in [1.54, 1.807) is 12.1 Å². The second-order valence-corrected chi connectivity index (χ2v) is 8.17. The number of rotatable bonds is 9. The number of carbonyl (C=O) groups excluding carboxylic acids is 1. The zero-order valence-electron chi connectivity index (χ0n) is 15.9. The van der Waals surface area contributed by atoms with E-state index in [4.69, 9.17) is 21.1 Å². The van der Waals surface area contributed by atoms with Gasteiger partial charge in [-0.25, -0.2) is 13.1 Å². The topological polar surface area (TPSA) is 93.7 Å². The molecule has 0 radical (unpaired) electrons. The maximum atomic E-state index is 12.6. The highest BCUT2D eigenvalue weighted by atomic mass is 35.5. The number of amides is 1. The van der Waals surface area contributed by atoms with Crippen LogP contribution in [-0.2, 0) is 14.8 Å². The van der Waals surface area contributed by atoms with Gasteiger partial charge >= 0.3 is 0 Å². The standard InChI is InChI=1S/C19H23ClN2O5S/c1-13(14-4-7-16(20)8-5-14)22-19(23)15-6-9-17(27-3)18(12-15)28(24,25)21-10-11-26-2/h4-9,12-13,21H,10-11H2,1-3H3,(H,22,23). The van der Waals surface area contributed by atoms with E-state index >= 15 is 0 Å². The fourth-order valence-corrected chi connectivity index (χ4v) is 3.83. The molecular weight excluding hydrogens is 404 g/mol. The molecule has 0 aliphatic rings. The highest BCUT2D eigenvalue weighted by Gasteiger charge is 2.22. The fourth-order valence-electron chi connectivity index (χ4n) is 2.50. The predicted molar refractivity (Wildman–Crippen MR) is 107 cm³/mol. The molecule has 2 N–H and O–H groups in total. The summed E-state index contributed by atoms with van der Waals surface area (Å²) in [7, 11) is -1.03. The van der Waals surface area contributed by atoms with Crippen molar-refractivity contribution >= 4 is 27.5 Å². The van der Waals surface area contributed by atoms with Crippen molar-refractivity contribution in [1.82, 2.24) is 10.0 Å². The van der Waals surface area contributed by atoms with Crippen LogP contribution in [0.1, 0.15) is 28.9 Å². The van der Waals surface area contributed by atoms with Crippen molar-refractivity contribution in [3.63, 3.8) is 0 Å². The molecule has 28 heavy (non-hydrogen) atoms. The molecule has 0 aromatic heterocycles. The van der Waals surface area contributed by atoms with E-state index in [-0.39, 0.29) is 35.4 Å². The van der Waals surface area contributed by atoms with Gasteiger partial charge in [0.1, 0.15) is 10.6 Å². The molecule has 1 unspecified atom stereocenters. The van der Waals surface area contributed by atoms with Gasteiger partial charge in [0.05, 0.1) is 19.8 Å². The van der Waals surface area contributed by atoms with E-state index < -0.39 is 15.9 Å². The summed E-state index contributed by atoms with van der Waals surface area (Å²) in [5.74, 6) is -0.259. The van der Waals surface area contributed by atoms with Crippen LogP contribution in [0.4, 0.5) is 0 Å². The molecule has 0 aliphatic heterocycles. The number of hydrogen-bond acceptors (Lipinski definition) is 5.